The first-order valence-electron chi connectivity index (χ1n) is 46.2. The molecule has 4 aromatic heterocycles. The van der Waals surface area contributed by atoms with E-state index in [0.717, 1.165) is 128 Å². The summed E-state index contributed by atoms with van der Waals surface area (Å²) in [7, 11) is 9.97. The van der Waals surface area contributed by atoms with Gasteiger partial charge in [0.2, 0.25) is 0 Å². The van der Waals surface area contributed by atoms with Gasteiger partial charge in [0.25, 0.3) is 0 Å². The van der Waals surface area contributed by atoms with Gasteiger partial charge in [-0.3, -0.25) is 29.2 Å². The molecule has 119 heavy (non-hydrogen) atoms. The molecule has 18 atom stereocenters. The SMILES string of the molecule is C/C=C1\CC2CN3CCc4c(n(C)c5ccccc45)[C@]3(C)CC2[C@@H](C)C1=O.C/C=C1\CC2CN3CCc4c(n(C)c5ccccc45)[C@]3(C)CC2[C@@H](C)C1O.CC.CC.CC.CC.CC=O.CO.C[C@H]1C(=O)CCC2CN3CCc4c(n(C)c5ccccc45)[C@]3(C)CC21.C[C@H]1C(O)CCC2CN3CCc4c(n(C)c5ccccc45)[C@]3(C)CC21.[Na+].[OH-]. The number of aromatic nitrogens is 4. The molecule has 8 aromatic rings. The average Bonchev–Trinajstić information content (AvgIpc) is 1.62. The maximum Gasteiger partial charge on any atom is 1.00 e. The number of carbonyl (C=O) groups excluding carboxylic acids is 3. The van der Waals surface area contributed by atoms with E-state index in [4.69, 9.17) is 9.90 Å². The van der Waals surface area contributed by atoms with Gasteiger partial charge < -0.3 is 43.9 Å². The monoisotopic (exact) mass is 1640 g/mol. The number of hydrogen-bond donors (Lipinski definition) is 3. The normalized spacial score (nSPS) is 32.4. The summed E-state index contributed by atoms with van der Waals surface area (Å²) in [5.41, 5.74) is 20.3. The average molecular weight is 1640 g/mol. The van der Waals surface area contributed by atoms with Crippen molar-refractivity contribution in [2.45, 2.75) is 256 Å². The molecule has 4 aliphatic carbocycles. The molecule has 12 heterocycles. The fraction of sp³-hybridized carbons (Fsp3) is 0.621. The molecule has 16 heteroatoms. The Labute approximate surface area is 738 Å². The first kappa shape index (κ1) is 97.0. The number of rotatable bonds is 0. The van der Waals surface area contributed by atoms with Gasteiger partial charge in [-0.2, -0.15) is 0 Å². The molecule has 0 spiro atoms. The van der Waals surface area contributed by atoms with E-state index in [1.54, 1.807) is 16.7 Å². The molecule has 12 aliphatic rings. The van der Waals surface area contributed by atoms with Gasteiger partial charge in [-0.05, 0) is 249 Å². The van der Waals surface area contributed by atoms with Gasteiger partial charge >= 0.3 is 29.6 Å². The van der Waals surface area contributed by atoms with Crippen LogP contribution in [-0.4, -0.2) is 148 Å². The van der Waals surface area contributed by atoms with Crippen molar-refractivity contribution in [1.29, 1.82) is 0 Å². The second-order valence-electron chi connectivity index (χ2n) is 36.6. The van der Waals surface area contributed by atoms with E-state index >= 15 is 0 Å². The smallest absolute Gasteiger partial charge is 0.870 e. The molecule has 4 saturated heterocycles. The number of aryl methyl sites for hydroxylation is 4. The van der Waals surface area contributed by atoms with Crippen LogP contribution in [0.25, 0.3) is 43.6 Å². The molecule has 4 saturated carbocycles. The summed E-state index contributed by atoms with van der Waals surface area (Å²) in [6, 6.07) is 35.5. The minimum atomic E-state index is -0.262. The van der Waals surface area contributed by atoms with E-state index in [1.165, 1.54) is 123 Å². The summed E-state index contributed by atoms with van der Waals surface area (Å²) >= 11 is 0. The van der Waals surface area contributed by atoms with E-state index < -0.39 is 0 Å². The van der Waals surface area contributed by atoms with Crippen molar-refractivity contribution in [2.24, 2.45) is 99.2 Å². The molecule has 0 amide bonds. The number of aldehydes is 1. The molecule has 4 N–H and O–H groups in total. The summed E-state index contributed by atoms with van der Waals surface area (Å²) in [6.07, 6.45) is 19.9. The fourth-order valence-corrected chi connectivity index (χ4v) is 26.1. The third kappa shape index (κ3) is 16.9. The summed E-state index contributed by atoms with van der Waals surface area (Å²) in [5, 5.41) is 34.0. The van der Waals surface area contributed by atoms with E-state index in [9.17, 15) is 19.8 Å². The van der Waals surface area contributed by atoms with Crippen LogP contribution in [0.5, 0.6) is 0 Å². The van der Waals surface area contributed by atoms with Crippen LogP contribution >= 0.6 is 0 Å². The third-order valence-electron chi connectivity index (χ3n) is 31.6. The third-order valence-corrected chi connectivity index (χ3v) is 31.6. The molecule has 648 valence electrons. The summed E-state index contributed by atoms with van der Waals surface area (Å²) < 4.78 is 9.79. The quantitative estimate of drug-likeness (QED) is 0.0570. The van der Waals surface area contributed by atoms with Gasteiger partial charge in [-0.25, -0.2) is 0 Å². The number of piperidine rings is 4. The molecular weight excluding hydrogens is 1480 g/mol. The van der Waals surface area contributed by atoms with Gasteiger partial charge in [-0.15, -0.1) is 0 Å². The predicted molar refractivity (Wildman–Crippen MR) is 490 cm³/mol. The number of ketones is 2. The summed E-state index contributed by atoms with van der Waals surface area (Å²) in [6.45, 7) is 49.5. The van der Waals surface area contributed by atoms with E-state index in [2.05, 4.69) is 238 Å². The zero-order valence-electron chi connectivity index (χ0n) is 78.2. The van der Waals surface area contributed by atoms with Crippen LogP contribution < -0.4 is 29.6 Å². The van der Waals surface area contributed by atoms with Crippen molar-refractivity contribution in [3.05, 3.63) is 165 Å². The Bertz CT molecular complexity index is 4850. The van der Waals surface area contributed by atoms with E-state index in [-0.39, 0.29) is 81.2 Å². The van der Waals surface area contributed by atoms with Crippen molar-refractivity contribution in [2.75, 3.05) is 59.5 Å². The number of carbonyl (C=O) groups is 3. The Kier molecular flexibility index (Phi) is 33.0. The number of aliphatic hydroxyl groups is 3. The van der Waals surface area contributed by atoms with Gasteiger partial charge in [0.05, 0.1) is 34.4 Å². The molecule has 15 nitrogen and oxygen atoms in total. The zero-order valence-corrected chi connectivity index (χ0v) is 80.2. The minimum absolute atomic E-state index is 0. The Balaban J connectivity index is 0.000000172. The van der Waals surface area contributed by atoms with Crippen LogP contribution in [0, 0.1) is 71.0 Å². The Hall–Kier alpha value is -5.79. The van der Waals surface area contributed by atoms with Gasteiger partial charge in [0.1, 0.15) is 12.1 Å². The van der Waals surface area contributed by atoms with Crippen molar-refractivity contribution in [1.82, 2.24) is 37.9 Å². The maximum absolute atomic E-state index is 12.8. The topological polar surface area (TPSA) is 175 Å². The van der Waals surface area contributed by atoms with Crippen molar-refractivity contribution < 1.29 is 64.7 Å². The predicted octanol–water partition coefficient (Wildman–Crippen LogP) is 17.0. The standard InChI is InChI=1S/C24H32N2O.C24H30N2O.C22H30N2O.C22H28N2O.C2H4O.4C2H6.CH4O.Na.H2O/c2*1-5-16-12-17-14-26-11-10-19-18-8-6-7-9-21(18)25(4)23(19)24(26,3)13-20(17)15(2)22(16)27;2*1-14-18-12-22(2)21-17(16-6-4-5-7-19(16)23(21)3)10-11-24(22)13-15(18)8-9-20(14)25;1-2-3;5*1-2;;/h5-9,15,17,20,22,27H,10-14H2,1-4H3;5-9,15,17,20H,10-14H2,1-4H3;4-7,14-15,18,20,25H,8-13H2,1-3H3;4-7,14-15,18H,8-13H2,1-3H3;2H,1H3;4*1-2H3;2H,1H3;;1H2/q;;;;;;;;;;+1;/p-1/b2*16-5+;;;;;;;;;;/t15-,17?,20?,22?,24+;15-,17?,20?,24+;14-,15?,18?,20?,22+;14-,15?,18?,22+;;;;;;;;/m1111......../s1. The number of nitrogens with zero attached hydrogens (tertiary/aromatic N) is 8. The van der Waals surface area contributed by atoms with Crippen LogP contribution in [0.15, 0.2) is 120 Å². The minimum Gasteiger partial charge on any atom is -0.870 e. The molecule has 8 fully saturated rings. The van der Waals surface area contributed by atoms with Crippen LogP contribution in [0.2, 0.25) is 0 Å². The summed E-state index contributed by atoms with van der Waals surface area (Å²) in [5.74, 6) is 7.08. The molecule has 4 aromatic carbocycles. The number of benzene rings is 4. The molecule has 10 unspecified atom stereocenters. The molecule has 20 rings (SSSR count). The Morgan fingerprint density at radius 3 is 1.05 bits per heavy atom. The largest absolute Gasteiger partial charge is 1.00 e. The number of fused-ring (bicyclic) bond motifs is 24. The van der Waals surface area contributed by atoms with Gasteiger partial charge in [0.15, 0.2) is 5.78 Å². The zero-order chi connectivity index (χ0) is 85.2. The Morgan fingerprint density at radius 1 is 0.403 bits per heavy atom. The maximum atomic E-state index is 12.8. The van der Waals surface area contributed by atoms with Crippen molar-refractivity contribution in [3.63, 3.8) is 0 Å². The first-order valence-corrected chi connectivity index (χ1v) is 46.2. The second kappa shape index (κ2) is 40.5. The number of allylic oxidation sites excluding steroid dienone is 3. The second-order valence-corrected chi connectivity index (χ2v) is 36.6. The molecule has 0 bridgehead atoms. The van der Waals surface area contributed by atoms with E-state index in [1.807, 2.05) is 62.3 Å². The number of aliphatic hydroxyl groups excluding tert-OH is 3. The van der Waals surface area contributed by atoms with Gasteiger partial charge in [0, 0.05) is 172 Å². The fourth-order valence-electron chi connectivity index (χ4n) is 26.1. The van der Waals surface area contributed by atoms with Crippen molar-refractivity contribution in [3.8, 4) is 0 Å². The molecular formula is C103H153N8NaO7. The van der Waals surface area contributed by atoms with Crippen LogP contribution in [0.3, 0.4) is 0 Å². The van der Waals surface area contributed by atoms with Crippen LogP contribution in [0.4, 0.5) is 0 Å². The van der Waals surface area contributed by atoms with E-state index in [0.29, 0.717) is 64.8 Å². The summed E-state index contributed by atoms with van der Waals surface area (Å²) in [4.78, 5) is 45.0. The molecule has 0 radical (unpaired) electrons. The number of Topliss-reactive ketones (excluding diaryl/α,β-unsaturated/α-hetero) is 2. The molecule has 8 aliphatic heterocycles. The van der Waals surface area contributed by atoms with Crippen LogP contribution in [0.1, 0.15) is 241 Å². The number of hydrogen-bond acceptors (Lipinski definition) is 11. The first-order chi connectivity index (χ1) is 56.3. The van der Waals surface area contributed by atoms with Crippen molar-refractivity contribution >= 4 is 61.5 Å². The number of para-hydroxylation sites is 4. The van der Waals surface area contributed by atoms with Crippen LogP contribution in [-0.2, 0) is 90.4 Å². The Morgan fingerprint density at radius 2 is 0.706 bits per heavy atom. The van der Waals surface area contributed by atoms with Gasteiger partial charge in [-0.1, -0.05) is 168 Å².